The van der Waals surface area contributed by atoms with Crippen LogP contribution in [0.3, 0.4) is 0 Å². The van der Waals surface area contributed by atoms with Gasteiger partial charge in [-0.3, -0.25) is 19.0 Å². The quantitative estimate of drug-likeness (QED) is 0.763. The molecule has 0 aliphatic rings. The molecule has 8 nitrogen and oxygen atoms in total. The molecule has 2 heterocycles. The minimum Gasteiger partial charge on any atom is -0.307 e. The molecule has 3 rings (SSSR count). The van der Waals surface area contributed by atoms with Gasteiger partial charge in [-0.05, 0) is 12.1 Å². The Kier molecular flexibility index (Phi) is 4.11. The van der Waals surface area contributed by atoms with Crippen molar-refractivity contribution in [3.05, 3.63) is 59.9 Å². The normalized spacial score (nSPS) is 10.4. The number of nitrogens with one attached hydrogen (secondary N) is 2. The highest BCUT2D eigenvalue weighted by atomic mass is 16.2. The maximum absolute atomic E-state index is 12.2. The summed E-state index contributed by atoms with van der Waals surface area (Å²) in [7, 11) is 3.41. The maximum atomic E-state index is 12.2. The molecule has 0 saturated heterocycles. The van der Waals surface area contributed by atoms with Crippen LogP contribution in [0.5, 0.6) is 0 Å². The highest BCUT2D eigenvalue weighted by molar-refractivity contribution is 6.06. The Morgan fingerprint density at radius 3 is 2.38 bits per heavy atom. The summed E-state index contributed by atoms with van der Waals surface area (Å²) in [6.45, 7) is 0. The molecular formula is C16H16N6O2. The third kappa shape index (κ3) is 3.32. The lowest BCUT2D eigenvalue weighted by Crippen LogP contribution is -2.14. The predicted octanol–water partition coefficient (Wildman–Crippen LogP) is 1.66. The van der Waals surface area contributed by atoms with Gasteiger partial charge in [-0.15, -0.1) is 0 Å². The smallest absolute Gasteiger partial charge is 0.277 e. The van der Waals surface area contributed by atoms with Crippen LogP contribution in [0.25, 0.3) is 0 Å². The van der Waals surface area contributed by atoms with E-state index in [1.165, 1.54) is 10.7 Å². The number of aryl methyl sites for hydroxylation is 2. The summed E-state index contributed by atoms with van der Waals surface area (Å²) in [5.41, 5.74) is 0.713. The third-order valence-electron chi connectivity index (χ3n) is 3.35. The molecule has 1 aromatic carbocycles. The lowest BCUT2D eigenvalue weighted by atomic mass is 10.2. The molecule has 122 valence electrons. The summed E-state index contributed by atoms with van der Waals surface area (Å²) in [5.74, 6) is 0.192. The zero-order chi connectivity index (χ0) is 17.1. The Labute approximate surface area is 138 Å². The largest absolute Gasteiger partial charge is 0.307 e. The van der Waals surface area contributed by atoms with Crippen molar-refractivity contribution in [1.29, 1.82) is 0 Å². The van der Waals surface area contributed by atoms with Crippen molar-refractivity contribution >= 4 is 23.5 Å². The van der Waals surface area contributed by atoms with Crippen LogP contribution in [-0.4, -0.2) is 31.4 Å². The molecule has 0 aliphatic heterocycles. The molecular weight excluding hydrogens is 308 g/mol. The van der Waals surface area contributed by atoms with Crippen LogP contribution < -0.4 is 10.6 Å². The second kappa shape index (κ2) is 6.37. The summed E-state index contributed by atoms with van der Waals surface area (Å²) in [4.78, 5) is 24.4. The van der Waals surface area contributed by atoms with Gasteiger partial charge in [0.15, 0.2) is 11.5 Å². The van der Waals surface area contributed by atoms with Gasteiger partial charge in [0.25, 0.3) is 11.8 Å². The van der Waals surface area contributed by atoms with Gasteiger partial charge in [0.05, 0.1) is 0 Å². The molecule has 0 bridgehead atoms. The van der Waals surface area contributed by atoms with Crippen LogP contribution in [0.4, 0.5) is 11.6 Å². The van der Waals surface area contributed by atoms with E-state index in [0.717, 1.165) is 0 Å². The van der Waals surface area contributed by atoms with Gasteiger partial charge < -0.3 is 10.6 Å². The van der Waals surface area contributed by atoms with E-state index in [4.69, 9.17) is 0 Å². The Balaban J connectivity index is 1.73. The Morgan fingerprint density at radius 1 is 0.958 bits per heavy atom. The van der Waals surface area contributed by atoms with Gasteiger partial charge in [0.1, 0.15) is 5.82 Å². The summed E-state index contributed by atoms with van der Waals surface area (Å²) < 4.78 is 3.02. The van der Waals surface area contributed by atoms with E-state index in [1.807, 2.05) is 6.07 Å². The average Bonchev–Trinajstić information content (AvgIpc) is 3.14. The zero-order valence-electron chi connectivity index (χ0n) is 13.2. The monoisotopic (exact) mass is 324 g/mol. The van der Waals surface area contributed by atoms with E-state index in [-0.39, 0.29) is 11.6 Å². The van der Waals surface area contributed by atoms with E-state index in [9.17, 15) is 9.59 Å². The third-order valence-corrected chi connectivity index (χ3v) is 3.35. The average molecular weight is 324 g/mol. The first kappa shape index (κ1) is 15.5. The minimum atomic E-state index is -0.399. The summed E-state index contributed by atoms with van der Waals surface area (Å²) in [6, 6.07) is 12.0. The number of rotatable bonds is 4. The van der Waals surface area contributed by atoms with Gasteiger partial charge >= 0.3 is 0 Å². The first-order valence-corrected chi connectivity index (χ1v) is 7.24. The van der Waals surface area contributed by atoms with Crippen molar-refractivity contribution in [3.63, 3.8) is 0 Å². The van der Waals surface area contributed by atoms with Gasteiger partial charge in [0, 0.05) is 38.0 Å². The van der Waals surface area contributed by atoms with Crippen molar-refractivity contribution in [2.45, 2.75) is 0 Å². The SMILES string of the molecule is Cn1ccc(NC(=O)c2cc(NC(=O)c3ccccc3)n(C)n2)n1. The molecule has 0 atom stereocenters. The molecule has 0 radical (unpaired) electrons. The first-order valence-electron chi connectivity index (χ1n) is 7.24. The van der Waals surface area contributed by atoms with Crippen LogP contribution in [0.2, 0.25) is 0 Å². The predicted molar refractivity (Wildman–Crippen MR) is 88.8 cm³/mol. The zero-order valence-corrected chi connectivity index (χ0v) is 13.2. The number of carbonyl (C=O) groups is 2. The number of benzene rings is 1. The van der Waals surface area contributed by atoms with Crippen LogP contribution >= 0.6 is 0 Å². The fourth-order valence-corrected chi connectivity index (χ4v) is 2.14. The summed E-state index contributed by atoms with van der Waals surface area (Å²) in [5, 5.41) is 13.6. The highest BCUT2D eigenvalue weighted by Crippen LogP contribution is 2.13. The number of carbonyl (C=O) groups excluding carboxylic acids is 2. The Hall–Kier alpha value is -3.42. The van der Waals surface area contributed by atoms with Crippen LogP contribution in [0, 0.1) is 0 Å². The number of nitrogens with zero attached hydrogens (tertiary/aromatic N) is 4. The number of hydrogen-bond donors (Lipinski definition) is 2. The number of anilines is 2. The van der Waals surface area contributed by atoms with Gasteiger partial charge in [-0.1, -0.05) is 18.2 Å². The molecule has 3 aromatic rings. The Bertz CT molecular complexity index is 881. The molecule has 2 N–H and O–H groups in total. The van der Waals surface area contributed by atoms with Crippen molar-refractivity contribution < 1.29 is 9.59 Å². The van der Waals surface area contributed by atoms with Crippen molar-refractivity contribution in [2.24, 2.45) is 14.1 Å². The first-order chi connectivity index (χ1) is 11.5. The van der Waals surface area contributed by atoms with Gasteiger partial charge in [0.2, 0.25) is 0 Å². The lowest BCUT2D eigenvalue weighted by Gasteiger charge is -2.04. The summed E-state index contributed by atoms with van der Waals surface area (Å²) in [6.07, 6.45) is 1.72. The van der Waals surface area contributed by atoms with E-state index in [1.54, 1.807) is 55.3 Å². The van der Waals surface area contributed by atoms with Crippen molar-refractivity contribution in [1.82, 2.24) is 19.6 Å². The molecule has 8 heteroatoms. The number of amides is 2. The second-order valence-corrected chi connectivity index (χ2v) is 5.19. The minimum absolute atomic E-state index is 0.187. The Morgan fingerprint density at radius 2 is 1.71 bits per heavy atom. The molecule has 2 amide bonds. The van der Waals surface area contributed by atoms with Crippen LogP contribution in [0.15, 0.2) is 48.7 Å². The van der Waals surface area contributed by atoms with Crippen LogP contribution in [-0.2, 0) is 14.1 Å². The molecule has 0 spiro atoms. The van der Waals surface area contributed by atoms with Crippen molar-refractivity contribution in [3.8, 4) is 0 Å². The molecule has 0 unspecified atom stereocenters. The topological polar surface area (TPSA) is 93.8 Å². The van der Waals surface area contributed by atoms with E-state index in [2.05, 4.69) is 20.8 Å². The van der Waals surface area contributed by atoms with Gasteiger partial charge in [-0.25, -0.2) is 0 Å². The molecule has 2 aromatic heterocycles. The van der Waals surface area contributed by atoms with E-state index in [0.29, 0.717) is 17.2 Å². The van der Waals surface area contributed by atoms with Crippen molar-refractivity contribution in [2.75, 3.05) is 10.6 Å². The molecule has 0 fully saturated rings. The van der Waals surface area contributed by atoms with Crippen LogP contribution in [0.1, 0.15) is 20.8 Å². The van der Waals surface area contributed by atoms with E-state index < -0.39 is 5.91 Å². The molecule has 0 aliphatic carbocycles. The highest BCUT2D eigenvalue weighted by Gasteiger charge is 2.16. The second-order valence-electron chi connectivity index (χ2n) is 5.19. The molecule has 24 heavy (non-hydrogen) atoms. The number of aromatic nitrogens is 4. The maximum Gasteiger partial charge on any atom is 0.277 e. The fraction of sp³-hybridized carbons (Fsp3) is 0.125. The van der Waals surface area contributed by atoms with E-state index >= 15 is 0 Å². The standard InChI is InChI=1S/C16H16N6O2/c1-21-9-8-13(20-21)17-16(24)12-10-14(22(2)19-12)18-15(23)11-6-4-3-5-7-11/h3-10H,1-2H3,(H,18,23)(H,17,20,24). The van der Waals surface area contributed by atoms with Gasteiger partial charge in [-0.2, -0.15) is 10.2 Å². The summed E-state index contributed by atoms with van der Waals surface area (Å²) >= 11 is 0. The molecule has 0 saturated carbocycles. The number of hydrogen-bond acceptors (Lipinski definition) is 4. The lowest BCUT2D eigenvalue weighted by molar-refractivity contribution is 0.101. The fourth-order valence-electron chi connectivity index (χ4n) is 2.14.